The predicted octanol–water partition coefficient (Wildman–Crippen LogP) is 4.38. The number of anilines is 1. The Bertz CT molecular complexity index is 1300. The van der Waals surface area contributed by atoms with Crippen LogP contribution >= 0.6 is 0 Å². The summed E-state index contributed by atoms with van der Waals surface area (Å²) in [6.45, 7) is 0. The molecule has 3 aromatic heterocycles. The monoisotopic (exact) mass is 367 g/mol. The van der Waals surface area contributed by atoms with Gasteiger partial charge in [-0.25, -0.2) is 0 Å². The van der Waals surface area contributed by atoms with Gasteiger partial charge in [0.1, 0.15) is 5.69 Å². The number of aromatic nitrogens is 4. The quantitative estimate of drug-likeness (QED) is 0.497. The molecule has 0 bridgehead atoms. The van der Waals surface area contributed by atoms with Crippen LogP contribution in [0, 0.1) is 0 Å². The van der Waals surface area contributed by atoms with Crippen molar-refractivity contribution in [1.29, 1.82) is 0 Å². The van der Waals surface area contributed by atoms with Crippen molar-refractivity contribution in [3.63, 3.8) is 0 Å². The molecule has 0 spiro atoms. The number of aromatic amines is 2. The highest BCUT2D eigenvalue weighted by molar-refractivity contribution is 6.10. The summed E-state index contributed by atoms with van der Waals surface area (Å²) in [4.78, 5) is 22.0. The largest absolute Gasteiger partial charge is 0.361 e. The molecule has 1 amide bonds. The van der Waals surface area contributed by atoms with Crippen molar-refractivity contribution >= 4 is 33.4 Å². The van der Waals surface area contributed by atoms with Gasteiger partial charge in [0.2, 0.25) is 0 Å². The van der Waals surface area contributed by atoms with Crippen molar-refractivity contribution in [2.24, 2.45) is 0 Å². The molecule has 0 saturated carbocycles. The highest BCUT2D eigenvalue weighted by atomic mass is 16.2. The van der Waals surface area contributed by atoms with Crippen molar-refractivity contribution < 1.29 is 4.79 Å². The molecule has 0 aliphatic heterocycles. The summed E-state index contributed by atoms with van der Waals surface area (Å²) >= 11 is 0. The van der Waals surface area contributed by atoms with Gasteiger partial charge in [-0.1, -0.05) is 18.2 Å². The van der Waals surface area contributed by atoms with Crippen LogP contribution in [0.2, 0.25) is 0 Å². The number of fused-ring (bicyclic) bond motifs is 2. The number of hydrogen-bond donors (Lipinski definition) is 2. The zero-order chi connectivity index (χ0) is 19.1. The van der Waals surface area contributed by atoms with Crippen LogP contribution in [0.1, 0.15) is 10.5 Å². The Balaban J connectivity index is 1.68. The lowest BCUT2D eigenvalue weighted by atomic mass is 9.99. The Hall–Kier alpha value is -3.93. The molecule has 0 radical (unpaired) electrons. The smallest absolute Gasteiger partial charge is 0.276 e. The number of amides is 1. The first kappa shape index (κ1) is 16.3. The maximum atomic E-state index is 13.0. The molecule has 5 aromatic rings. The van der Waals surface area contributed by atoms with Gasteiger partial charge in [-0.3, -0.25) is 14.9 Å². The first-order valence-electron chi connectivity index (χ1n) is 8.95. The summed E-state index contributed by atoms with van der Waals surface area (Å²) in [6.07, 6.45) is 5.30. The topological polar surface area (TPSA) is 77.7 Å². The molecule has 6 nitrogen and oxygen atoms in total. The van der Waals surface area contributed by atoms with E-state index < -0.39 is 0 Å². The molecule has 0 atom stereocenters. The van der Waals surface area contributed by atoms with E-state index in [1.807, 2.05) is 30.5 Å². The van der Waals surface area contributed by atoms with Crippen LogP contribution < -0.4 is 4.90 Å². The molecule has 2 N–H and O–H groups in total. The van der Waals surface area contributed by atoms with E-state index >= 15 is 0 Å². The molecule has 0 aliphatic carbocycles. The number of benzene rings is 2. The zero-order valence-electron chi connectivity index (χ0n) is 15.2. The fourth-order valence-electron chi connectivity index (χ4n) is 3.57. The Kier molecular flexibility index (Phi) is 3.69. The molecular formula is C22H17N5O. The van der Waals surface area contributed by atoms with E-state index in [-0.39, 0.29) is 5.91 Å². The summed E-state index contributed by atoms with van der Waals surface area (Å²) < 4.78 is 0. The average molecular weight is 367 g/mol. The minimum Gasteiger partial charge on any atom is -0.361 e. The van der Waals surface area contributed by atoms with Gasteiger partial charge in [0.25, 0.3) is 5.91 Å². The van der Waals surface area contributed by atoms with E-state index in [1.165, 1.54) is 0 Å². The molecule has 2 aromatic carbocycles. The molecular weight excluding hydrogens is 350 g/mol. The van der Waals surface area contributed by atoms with Crippen LogP contribution in [0.15, 0.2) is 73.2 Å². The van der Waals surface area contributed by atoms with Crippen molar-refractivity contribution in [3.8, 4) is 11.1 Å². The predicted molar refractivity (Wildman–Crippen MR) is 110 cm³/mol. The van der Waals surface area contributed by atoms with E-state index in [2.05, 4.69) is 38.4 Å². The summed E-state index contributed by atoms with van der Waals surface area (Å²) in [5, 5.41) is 9.23. The van der Waals surface area contributed by atoms with E-state index in [1.54, 1.807) is 36.5 Å². The molecule has 0 fully saturated rings. The molecule has 3 heterocycles. The van der Waals surface area contributed by atoms with Crippen LogP contribution in [-0.4, -0.2) is 33.1 Å². The molecule has 136 valence electrons. The van der Waals surface area contributed by atoms with Gasteiger partial charge in [-0.15, -0.1) is 0 Å². The van der Waals surface area contributed by atoms with E-state index in [0.29, 0.717) is 5.69 Å². The third-order valence-electron chi connectivity index (χ3n) is 4.99. The Morgan fingerprint density at radius 1 is 1.00 bits per heavy atom. The van der Waals surface area contributed by atoms with Crippen molar-refractivity contribution in [1.82, 2.24) is 20.2 Å². The number of nitrogens with zero attached hydrogens (tertiary/aromatic N) is 3. The molecule has 0 unspecified atom stereocenters. The normalized spacial score (nSPS) is 11.2. The SMILES string of the molecule is CN(C(=O)c1ccccn1)c1cc(-c2cccc3[nH]ccc23)cc2[nH]ncc12. The van der Waals surface area contributed by atoms with Gasteiger partial charge in [0, 0.05) is 35.7 Å². The fraction of sp³-hybridized carbons (Fsp3) is 0.0455. The third kappa shape index (κ3) is 2.54. The van der Waals surface area contributed by atoms with Gasteiger partial charge in [0.15, 0.2) is 0 Å². The van der Waals surface area contributed by atoms with Gasteiger partial charge < -0.3 is 9.88 Å². The maximum absolute atomic E-state index is 13.0. The lowest BCUT2D eigenvalue weighted by Crippen LogP contribution is -2.27. The number of hydrogen-bond acceptors (Lipinski definition) is 3. The molecule has 0 saturated heterocycles. The van der Waals surface area contributed by atoms with Crippen LogP contribution in [-0.2, 0) is 0 Å². The maximum Gasteiger partial charge on any atom is 0.276 e. The Morgan fingerprint density at radius 3 is 2.79 bits per heavy atom. The molecule has 0 aliphatic rings. The van der Waals surface area contributed by atoms with E-state index in [9.17, 15) is 4.79 Å². The van der Waals surface area contributed by atoms with Crippen LogP contribution in [0.4, 0.5) is 5.69 Å². The van der Waals surface area contributed by atoms with Crippen LogP contribution in [0.25, 0.3) is 32.9 Å². The molecule has 5 rings (SSSR count). The van der Waals surface area contributed by atoms with E-state index in [4.69, 9.17) is 0 Å². The van der Waals surface area contributed by atoms with Crippen LogP contribution in [0.5, 0.6) is 0 Å². The highest BCUT2D eigenvalue weighted by Gasteiger charge is 2.19. The first-order chi connectivity index (χ1) is 13.7. The standard InChI is InChI=1S/C22H17N5O/c1-27(22(28)19-6-2-3-9-23-19)21-12-14(11-20-17(21)13-25-26-20)15-5-4-7-18-16(15)8-10-24-18/h2-13,24H,1H3,(H,25,26). The fourth-order valence-corrected chi connectivity index (χ4v) is 3.57. The summed E-state index contributed by atoms with van der Waals surface area (Å²) in [5.41, 5.74) is 5.24. The van der Waals surface area contributed by atoms with E-state index in [0.717, 1.165) is 38.6 Å². The Morgan fingerprint density at radius 2 is 1.93 bits per heavy atom. The number of H-pyrrole nitrogens is 2. The van der Waals surface area contributed by atoms with Crippen molar-refractivity contribution in [2.75, 3.05) is 11.9 Å². The second-order valence-electron chi connectivity index (χ2n) is 6.65. The zero-order valence-corrected chi connectivity index (χ0v) is 15.2. The minimum absolute atomic E-state index is 0.167. The summed E-state index contributed by atoms with van der Waals surface area (Å²) in [7, 11) is 1.76. The highest BCUT2D eigenvalue weighted by Crippen LogP contribution is 2.35. The number of carbonyl (C=O) groups is 1. The average Bonchev–Trinajstić information content (AvgIpc) is 3.41. The number of carbonyl (C=O) groups excluding carboxylic acids is 1. The Labute approximate surface area is 160 Å². The summed E-state index contributed by atoms with van der Waals surface area (Å²) in [6, 6.07) is 17.6. The third-order valence-corrected chi connectivity index (χ3v) is 4.99. The molecule has 6 heteroatoms. The van der Waals surface area contributed by atoms with Gasteiger partial charge in [-0.2, -0.15) is 5.10 Å². The lowest BCUT2D eigenvalue weighted by molar-refractivity contribution is 0.0988. The number of nitrogens with one attached hydrogen (secondary N) is 2. The number of pyridine rings is 1. The van der Waals surface area contributed by atoms with Crippen LogP contribution in [0.3, 0.4) is 0 Å². The molecule has 28 heavy (non-hydrogen) atoms. The lowest BCUT2D eigenvalue weighted by Gasteiger charge is -2.19. The first-order valence-corrected chi connectivity index (χ1v) is 8.95. The second-order valence-corrected chi connectivity index (χ2v) is 6.65. The number of rotatable bonds is 3. The van der Waals surface area contributed by atoms with Gasteiger partial charge in [-0.05, 0) is 47.5 Å². The van der Waals surface area contributed by atoms with Gasteiger partial charge >= 0.3 is 0 Å². The van der Waals surface area contributed by atoms with Crippen molar-refractivity contribution in [3.05, 3.63) is 78.9 Å². The minimum atomic E-state index is -0.167. The summed E-state index contributed by atoms with van der Waals surface area (Å²) in [5.74, 6) is -0.167. The van der Waals surface area contributed by atoms with Crippen molar-refractivity contribution in [2.45, 2.75) is 0 Å². The van der Waals surface area contributed by atoms with Gasteiger partial charge in [0.05, 0.1) is 17.4 Å². The second kappa shape index (κ2) is 6.35.